The molecule has 0 nitrogen and oxygen atoms in total. The molecule has 0 fully saturated rings. The van der Waals surface area contributed by atoms with Gasteiger partial charge in [-0.05, 0) is 246 Å². The fourth-order valence-electron chi connectivity index (χ4n) is 14.7. The van der Waals surface area contributed by atoms with E-state index in [1.165, 1.54) is 149 Å². The second-order valence-electron chi connectivity index (χ2n) is 29.6. The molecule has 9 atom stereocenters. The molecule has 0 N–H and O–H groups in total. The van der Waals surface area contributed by atoms with E-state index in [4.69, 9.17) is 0 Å². The van der Waals surface area contributed by atoms with Gasteiger partial charge in [0.15, 0.2) is 0 Å². The Labute approximate surface area is 573 Å². The predicted molar refractivity (Wildman–Crippen MR) is 416 cm³/mol. The molecule has 0 aromatic heterocycles. The topological polar surface area (TPSA) is 0 Å². The zero-order chi connectivity index (χ0) is 68.9. The first kappa shape index (κ1) is 75.2. The Balaban J connectivity index is 0.000000189. The van der Waals surface area contributed by atoms with Crippen LogP contribution in [0.25, 0.3) is 6.08 Å². The SMILES string of the molecule is C1=Cc2ccccc2C1.C=C(C)C.C=C(C)C.C=C(C)C1c2ccc(C)cc2C(C(C(=C)C)c2ccc(C)cc2)CC1C.C=C(C)C1c2ccc(C)cc2C(Cc2ccc(C)cc2)CC1C.Cc1ccc(C)cc1.Cc1ccc(CC2CC(C)Cc3ccc(C)cc32)cc1. The smallest absolute Gasteiger partial charge is 0.0112 e. The van der Waals surface area contributed by atoms with Gasteiger partial charge in [0, 0.05) is 17.8 Å². The Kier molecular flexibility index (Phi) is 29.0. The second-order valence-corrected chi connectivity index (χ2v) is 29.6. The highest BCUT2D eigenvalue weighted by Gasteiger charge is 2.38. The minimum atomic E-state index is 0.365. The summed E-state index contributed by atoms with van der Waals surface area (Å²) in [6, 6.07) is 65.2. The molecular formula is C94H118. The van der Waals surface area contributed by atoms with Crippen LogP contribution in [-0.2, 0) is 25.7 Å². The van der Waals surface area contributed by atoms with Gasteiger partial charge in [0.1, 0.15) is 0 Å². The summed E-state index contributed by atoms with van der Waals surface area (Å²) >= 11 is 0. The van der Waals surface area contributed by atoms with Crippen LogP contribution in [0.2, 0.25) is 0 Å². The lowest BCUT2D eigenvalue weighted by molar-refractivity contribution is 0.368. The Morgan fingerprint density at radius 3 is 1.23 bits per heavy atom. The largest absolute Gasteiger partial charge is 0.100 e. The average molecular weight is 1250 g/mol. The minimum absolute atomic E-state index is 0.365. The van der Waals surface area contributed by atoms with E-state index < -0.39 is 0 Å². The summed E-state index contributed by atoms with van der Waals surface area (Å²) in [5, 5.41) is 0. The minimum Gasteiger partial charge on any atom is -0.100 e. The van der Waals surface area contributed by atoms with E-state index in [1.54, 1.807) is 16.7 Å². The van der Waals surface area contributed by atoms with Crippen LogP contribution < -0.4 is 0 Å². The highest BCUT2D eigenvalue weighted by Crippen LogP contribution is 2.52. The van der Waals surface area contributed by atoms with Gasteiger partial charge < -0.3 is 0 Å². The maximum Gasteiger partial charge on any atom is 0.0112 e. The fraction of sp³-hybridized carbons (Fsp3) is 0.362. The van der Waals surface area contributed by atoms with E-state index in [-0.39, 0.29) is 0 Å². The summed E-state index contributed by atoms with van der Waals surface area (Å²) in [5.74, 6) is 5.21. The van der Waals surface area contributed by atoms with Crippen LogP contribution >= 0.6 is 0 Å². The molecule has 0 spiro atoms. The van der Waals surface area contributed by atoms with Crippen molar-refractivity contribution in [3.63, 3.8) is 0 Å². The van der Waals surface area contributed by atoms with Gasteiger partial charge in [-0.1, -0.05) is 301 Å². The molecule has 0 amide bonds. The molecule has 0 saturated carbocycles. The van der Waals surface area contributed by atoms with E-state index >= 15 is 0 Å². The van der Waals surface area contributed by atoms with Crippen LogP contribution in [-0.4, -0.2) is 0 Å². The van der Waals surface area contributed by atoms with Crippen molar-refractivity contribution in [2.24, 2.45) is 17.8 Å². The molecule has 8 aromatic carbocycles. The Bertz CT molecular complexity index is 3750. The maximum atomic E-state index is 4.39. The van der Waals surface area contributed by atoms with Gasteiger partial charge in [-0.2, -0.15) is 0 Å². The lowest BCUT2D eigenvalue weighted by Crippen LogP contribution is -2.26. The van der Waals surface area contributed by atoms with E-state index in [0.29, 0.717) is 47.3 Å². The predicted octanol–water partition coefficient (Wildman–Crippen LogP) is 26.7. The zero-order valence-corrected chi connectivity index (χ0v) is 61.6. The summed E-state index contributed by atoms with van der Waals surface area (Å²) in [6.45, 7) is 59.0. The molecular weight excluding hydrogens is 1130 g/mol. The average Bonchev–Trinajstić information content (AvgIpc) is 0.811. The maximum absolute atomic E-state index is 4.39. The highest BCUT2D eigenvalue weighted by atomic mass is 14.4. The molecule has 4 aliphatic carbocycles. The van der Waals surface area contributed by atoms with Crippen molar-refractivity contribution >= 4 is 6.08 Å². The van der Waals surface area contributed by atoms with Crippen LogP contribution in [0.3, 0.4) is 0 Å². The van der Waals surface area contributed by atoms with Crippen molar-refractivity contribution in [1.29, 1.82) is 0 Å². The first-order chi connectivity index (χ1) is 44.6. The number of benzene rings is 8. The van der Waals surface area contributed by atoms with Crippen LogP contribution in [0.15, 0.2) is 243 Å². The van der Waals surface area contributed by atoms with Crippen molar-refractivity contribution < 1.29 is 0 Å². The Hall–Kier alpha value is -7.80. The molecule has 0 aliphatic heterocycles. The molecule has 494 valence electrons. The van der Waals surface area contributed by atoms with Gasteiger partial charge in [-0.3, -0.25) is 0 Å². The third kappa shape index (κ3) is 22.7. The molecule has 8 aromatic rings. The van der Waals surface area contributed by atoms with Crippen molar-refractivity contribution in [2.45, 2.75) is 205 Å². The molecule has 0 heteroatoms. The number of hydrogen-bond donors (Lipinski definition) is 0. The van der Waals surface area contributed by atoms with Gasteiger partial charge in [-0.25, -0.2) is 0 Å². The normalized spacial score (nSPS) is 19.4. The third-order valence-corrected chi connectivity index (χ3v) is 19.0. The van der Waals surface area contributed by atoms with Gasteiger partial charge >= 0.3 is 0 Å². The van der Waals surface area contributed by atoms with E-state index in [1.807, 2.05) is 27.7 Å². The van der Waals surface area contributed by atoms with Crippen LogP contribution in [0, 0.1) is 73.1 Å². The number of rotatable bonds is 9. The van der Waals surface area contributed by atoms with Crippen molar-refractivity contribution in [3.05, 3.63) is 348 Å². The molecule has 4 aliphatic rings. The molecule has 0 radical (unpaired) electrons. The third-order valence-electron chi connectivity index (χ3n) is 19.0. The molecule has 0 bridgehead atoms. The number of fused-ring (bicyclic) bond motifs is 4. The van der Waals surface area contributed by atoms with E-state index in [0.717, 1.165) is 18.8 Å². The van der Waals surface area contributed by atoms with Crippen molar-refractivity contribution in [1.82, 2.24) is 0 Å². The molecule has 0 saturated heterocycles. The summed E-state index contributed by atoms with van der Waals surface area (Å²) < 4.78 is 0. The Morgan fingerprint density at radius 2 is 0.777 bits per heavy atom. The van der Waals surface area contributed by atoms with Gasteiger partial charge in [-0.15, -0.1) is 13.2 Å². The summed E-state index contributed by atoms with van der Waals surface area (Å²) in [5.41, 5.74) is 33.3. The highest BCUT2D eigenvalue weighted by molar-refractivity contribution is 5.59. The monoisotopic (exact) mass is 1250 g/mol. The molecule has 9 unspecified atom stereocenters. The summed E-state index contributed by atoms with van der Waals surface area (Å²) in [4.78, 5) is 0. The standard InChI is InChI=1S/C26H32.C23H28.C20H24.C9H8.C8H10.2C4H8/c1-16(2)25-20(7)15-24(23-14-19(6)10-13-22(23)25)26(17(3)4)21-11-8-18(5)9-12-21;1-15(2)23-18(5)13-20(14-19-9-6-16(3)7-10-19)22-12-17(4)8-11-21(22)23;1-14-4-7-17(8-5-14)13-19-11-16(3)10-18-9-6-15(2)12-20(18)19;1-2-5-9-7-3-6-8(9)4-1;1-7-3-5-8(2)6-4-7;2*1-4(2)3/h8-14,20,24-26H,1,3,15H2,2,4-7H3;6-12,18,20,23H,1,13-14H2,2-5H3;4-9,12,16,19H,10-11,13H2,1-3H3;1-6H,7H2;3-6H,1-2H3;2*1H2,2-3H3. The molecule has 94 heavy (non-hydrogen) atoms. The Morgan fingerprint density at radius 1 is 0.394 bits per heavy atom. The van der Waals surface area contributed by atoms with Gasteiger partial charge in [0.05, 0.1) is 0 Å². The fourth-order valence-corrected chi connectivity index (χ4v) is 14.7. The summed E-state index contributed by atoms with van der Waals surface area (Å²) in [6.07, 6.45) is 12.8. The summed E-state index contributed by atoms with van der Waals surface area (Å²) in [7, 11) is 0. The molecule has 0 heterocycles. The van der Waals surface area contributed by atoms with E-state index in [9.17, 15) is 0 Å². The van der Waals surface area contributed by atoms with Crippen molar-refractivity contribution in [2.75, 3.05) is 0 Å². The first-order valence-electron chi connectivity index (χ1n) is 35.0. The number of hydrogen-bond acceptors (Lipinski definition) is 0. The first-order valence-corrected chi connectivity index (χ1v) is 35.0. The van der Waals surface area contributed by atoms with Crippen LogP contribution in [0.4, 0.5) is 0 Å². The van der Waals surface area contributed by atoms with E-state index in [2.05, 4.69) is 318 Å². The quantitative estimate of drug-likeness (QED) is 0.126. The van der Waals surface area contributed by atoms with Crippen LogP contribution in [0.1, 0.15) is 230 Å². The lowest BCUT2D eigenvalue weighted by Gasteiger charge is -2.41. The molecule has 12 rings (SSSR count). The number of aryl methyl sites for hydroxylation is 8. The van der Waals surface area contributed by atoms with Crippen molar-refractivity contribution in [3.8, 4) is 0 Å². The lowest BCUT2D eigenvalue weighted by atomic mass is 9.63. The van der Waals surface area contributed by atoms with Gasteiger partial charge in [0.25, 0.3) is 0 Å². The second kappa shape index (κ2) is 36.2. The zero-order valence-electron chi connectivity index (χ0n) is 61.6. The van der Waals surface area contributed by atoms with Gasteiger partial charge in [0.2, 0.25) is 0 Å². The van der Waals surface area contributed by atoms with Crippen LogP contribution in [0.5, 0.6) is 0 Å². The number of allylic oxidation sites excluding steroid dienone is 6.